The van der Waals surface area contributed by atoms with Crippen LogP contribution < -0.4 is 0 Å². The van der Waals surface area contributed by atoms with Gasteiger partial charge in [-0.3, -0.25) is 0 Å². The van der Waals surface area contributed by atoms with Crippen LogP contribution in [0.15, 0.2) is 57.8 Å². The zero-order valence-electron chi connectivity index (χ0n) is 12.5. The summed E-state index contributed by atoms with van der Waals surface area (Å²) in [6.07, 6.45) is 5.35. The van der Waals surface area contributed by atoms with Gasteiger partial charge in [0.2, 0.25) is 0 Å². The number of benzene rings is 2. The Kier molecular flexibility index (Phi) is 5.23. The smallest absolute Gasteiger partial charge is 0.173 e. The van der Waals surface area contributed by atoms with E-state index >= 15 is 0 Å². The number of allylic oxidation sites excluding steroid dienone is 1. The molecule has 0 heterocycles. The van der Waals surface area contributed by atoms with E-state index in [4.69, 9.17) is 0 Å². The van der Waals surface area contributed by atoms with Crippen LogP contribution in [0.25, 0.3) is 6.08 Å². The second-order valence-electron chi connectivity index (χ2n) is 5.00. The molecule has 0 bridgehead atoms. The summed E-state index contributed by atoms with van der Waals surface area (Å²) in [6.45, 7) is 5.99. The summed E-state index contributed by atoms with van der Waals surface area (Å²) in [4.78, 5) is 0.810. The second-order valence-corrected chi connectivity index (χ2v) is 6.12. The highest BCUT2D eigenvalue weighted by Gasteiger charge is 2.09. The average molecular weight is 297 g/mol. The van der Waals surface area contributed by atoms with Gasteiger partial charge >= 0.3 is 0 Å². The zero-order chi connectivity index (χ0) is 15.2. The molecule has 0 aliphatic rings. The SMILES string of the molecule is Cc1cc(C)c([S@@](=O)/N=C/C=C/c2ccccc2)c(C)c1. The Morgan fingerprint density at radius 2 is 1.62 bits per heavy atom. The lowest BCUT2D eigenvalue weighted by molar-refractivity contribution is 0.683. The van der Waals surface area contributed by atoms with Gasteiger partial charge in [0.15, 0.2) is 11.0 Å². The highest BCUT2D eigenvalue weighted by atomic mass is 32.2. The number of hydrogen-bond donors (Lipinski definition) is 0. The van der Waals surface area contributed by atoms with Crippen molar-refractivity contribution in [1.82, 2.24) is 0 Å². The van der Waals surface area contributed by atoms with E-state index in [0.717, 1.165) is 21.6 Å². The van der Waals surface area contributed by atoms with Crippen molar-refractivity contribution in [1.29, 1.82) is 0 Å². The van der Waals surface area contributed by atoms with Crippen LogP contribution in [-0.2, 0) is 11.0 Å². The number of nitrogens with zero attached hydrogens (tertiary/aromatic N) is 1. The lowest BCUT2D eigenvalue weighted by Gasteiger charge is -2.07. The monoisotopic (exact) mass is 297 g/mol. The molecule has 0 N–H and O–H groups in total. The van der Waals surface area contributed by atoms with Gasteiger partial charge in [-0.2, -0.15) is 4.40 Å². The van der Waals surface area contributed by atoms with Gasteiger partial charge in [0.1, 0.15) is 0 Å². The summed E-state index contributed by atoms with van der Waals surface area (Å²) in [5.74, 6) is 0. The van der Waals surface area contributed by atoms with E-state index in [1.165, 1.54) is 5.56 Å². The third kappa shape index (κ3) is 4.23. The third-order valence-electron chi connectivity index (χ3n) is 3.11. The minimum Gasteiger partial charge on any atom is -0.229 e. The van der Waals surface area contributed by atoms with E-state index in [-0.39, 0.29) is 0 Å². The van der Waals surface area contributed by atoms with Crippen molar-refractivity contribution in [3.8, 4) is 0 Å². The van der Waals surface area contributed by atoms with Crippen molar-refractivity contribution in [2.45, 2.75) is 25.7 Å². The van der Waals surface area contributed by atoms with Gasteiger partial charge in [0.05, 0.1) is 4.90 Å². The predicted octanol–water partition coefficient (Wildman–Crippen LogP) is 4.42. The molecule has 2 aromatic rings. The van der Waals surface area contributed by atoms with E-state index < -0.39 is 11.0 Å². The minimum absolute atomic E-state index is 0.810. The first-order valence-electron chi connectivity index (χ1n) is 6.83. The van der Waals surface area contributed by atoms with Crippen LogP contribution in [0.1, 0.15) is 22.3 Å². The highest BCUT2D eigenvalue weighted by Crippen LogP contribution is 2.20. The molecule has 3 heteroatoms. The summed E-state index contributed by atoms with van der Waals surface area (Å²) in [7, 11) is -1.35. The topological polar surface area (TPSA) is 29.4 Å². The van der Waals surface area contributed by atoms with Crippen LogP contribution >= 0.6 is 0 Å². The summed E-state index contributed by atoms with van der Waals surface area (Å²) in [5.41, 5.74) is 4.32. The quantitative estimate of drug-likeness (QED) is 0.768. The van der Waals surface area contributed by atoms with Crippen LogP contribution in [0.5, 0.6) is 0 Å². The lowest BCUT2D eigenvalue weighted by atomic mass is 10.1. The number of hydrogen-bond acceptors (Lipinski definition) is 1. The predicted molar refractivity (Wildman–Crippen MR) is 91.0 cm³/mol. The third-order valence-corrected chi connectivity index (χ3v) is 4.42. The molecule has 21 heavy (non-hydrogen) atoms. The maximum atomic E-state index is 12.3. The average Bonchev–Trinajstić information content (AvgIpc) is 2.43. The molecule has 0 spiro atoms. The number of aryl methyl sites for hydroxylation is 3. The number of rotatable bonds is 4. The maximum Gasteiger partial charge on any atom is 0.173 e. The molecule has 0 amide bonds. The van der Waals surface area contributed by atoms with Gasteiger partial charge in [0, 0.05) is 6.21 Å². The maximum absolute atomic E-state index is 12.3. The van der Waals surface area contributed by atoms with Crippen molar-refractivity contribution in [3.63, 3.8) is 0 Å². The summed E-state index contributed by atoms with van der Waals surface area (Å²) < 4.78 is 16.4. The molecule has 0 radical (unpaired) electrons. The van der Waals surface area contributed by atoms with Gasteiger partial charge in [-0.05, 0) is 43.5 Å². The second kappa shape index (κ2) is 7.14. The summed E-state index contributed by atoms with van der Waals surface area (Å²) in [5, 5.41) is 0. The molecule has 0 saturated carbocycles. The standard InChI is InChI=1S/C18H19NOS/c1-14-12-15(2)18(16(3)13-14)21(20)19-11-7-10-17-8-5-4-6-9-17/h4-13H,1-3H3/b10-7+,19-11+/t21-/m1/s1. The normalized spacial score (nSPS) is 13.1. The van der Waals surface area contributed by atoms with E-state index in [0.29, 0.717) is 0 Å². The van der Waals surface area contributed by atoms with Crippen molar-refractivity contribution in [2.24, 2.45) is 4.40 Å². The fourth-order valence-corrected chi connectivity index (χ4v) is 3.26. The van der Waals surface area contributed by atoms with E-state index in [2.05, 4.69) is 4.40 Å². The lowest BCUT2D eigenvalue weighted by Crippen LogP contribution is -1.96. The van der Waals surface area contributed by atoms with E-state index in [1.807, 2.05) is 75.4 Å². The molecule has 108 valence electrons. The van der Waals surface area contributed by atoms with Crippen LogP contribution in [0, 0.1) is 20.8 Å². The van der Waals surface area contributed by atoms with Gasteiger partial charge < -0.3 is 0 Å². The molecule has 0 aromatic heterocycles. The molecule has 1 atom stereocenters. The van der Waals surface area contributed by atoms with Gasteiger partial charge in [-0.15, -0.1) is 0 Å². The largest absolute Gasteiger partial charge is 0.229 e. The minimum atomic E-state index is -1.35. The Morgan fingerprint density at radius 3 is 2.24 bits per heavy atom. The molecule has 0 unspecified atom stereocenters. The van der Waals surface area contributed by atoms with E-state index in [1.54, 1.807) is 6.21 Å². The molecular weight excluding hydrogens is 278 g/mol. The van der Waals surface area contributed by atoms with Gasteiger partial charge in [-0.25, -0.2) is 4.21 Å². The molecule has 2 aromatic carbocycles. The molecular formula is C18H19NOS. The van der Waals surface area contributed by atoms with Crippen LogP contribution in [0.3, 0.4) is 0 Å². The Bertz CT molecular complexity index is 679. The first kappa shape index (κ1) is 15.4. The fourth-order valence-electron chi connectivity index (χ4n) is 2.30. The molecule has 0 fully saturated rings. The molecule has 0 aliphatic heterocycles. The van der Waals surface area contributed by atoms with E-state index in [9.17, 15) is 4.21 Å². The van der Waals surface area contributed by atoms with Crippen LogP contribution in [0.4, 0.5) is 0 Å². The Balaban J connectivity index is 2.12. The Labute approximate surface area is 128 Å². The molecule has 2 rings (SSSR count). The summed E-state index contributed by atoms with van der Waals surface area (Å²) in [6, 6.07) is 14.0. The van der Waals surface area contributed by atoms with Crippen LogP contribution in [0.2, 0.25) is 0 Å². The first-order valence-corrected chi connectivity index (χ1v) is 7.94. The van der Waals surface area contributed by atoms with Crippen molar-refractivity contribution in [3.05, 3.63) is 70.8 Å². The van der Waals surface area contributed by atoms with Crippen molar-refractivity contribution >= 4 is 23.3 Å². The molecule has 0 saturated heterocycles. The fraction of sp³-hybridized carbons (Fsp3) is 0.167. The van der Waals surface area contributed by atoms with Gasteiger partial charge in [-0.1, -0.05) is 54.1 Å². The van der Waals surface area contributed by atoms with Crippen LogP contribution in [-0.4, -0.2) is 10.4 Å². The van der Waals surface area contributed by atoms with Crippen molar-refractivity contribution < 1.29 is 4.21 Å². The molecule has 2 nitrogen and oxygen atoms in total. The summed E-state index contributed by atoms with van der Waals surface area (Å²) >= 11 is 0. The molecule has 0 aliphatic carbocycles. The highest BCUT2D eigenvalue weighted by molar-refractivity contribution is 7.84. The van der Waals surface area contributed by atoms with Crippen molar-refractivity contribution in [2.75, 3.05) is 0 Å². The zero-order valence-corrected chi connectivity index (χ0v) is 13.4. The first-order chi connectivity index (χ1) is 10.1. The van der Waals surface area contributed by atoms with Gasteiger partial charge in [0.25, 0.3) is 0 Å². The Morgan fingerprint density at radius 1 is 1.00 bits per heavy atom. The Hall–Kier alpha value is -2.00.